The van der Waals surface area contributed by atoms with Crippen molar-refractivity contribution in [3.05, 3.63) is 59.8 Å². The standard InChI is InChI=1S/C29H31ClN6O3/c30-25-8-5-22(32-29(37)36-9-1-2-10-36)18-24(25)27-33-26-17-21(19-31-28(26)34-27)20-3-6-23(7-4-20)39-16-13-35-11-14-38-15-12-35/h3-8,17-19H,1-2,9-16H2,(H,32,37)(H,31,33,34). The lowest BCUT2D eigenvalue weighted by Gasteiger charge is -2.26. The molecule has 2 aromatic carbocycles. The van der Waals surface area contributed by atoms with Crippen molar-refractivity contribution in [2.24, 2.45) is 0 Å². The minimum Gasteiger partial charge on any atom is -0.492 e. The monoisotopic (exact) mass is 546 g/mol. The second-order valence-corrected chi connectivity index (χ2v) is 10.2. The molecule has 0 aliphatic carbocycles. The third kappa shape index (κ3) is 6.00. The number of halogens is 1. The average molecular weight is 547 g/mol. The van der Waals surface area contributed by atoms with Crippen LogP contribution < -0.4 is 10.1 Å². The van der Waals surface area contributed by atoms with Crippen LogP contribution in [0, 0.1) is 0 Å². The minimum atomic E-state index is -0.0924. The Balaban J connectivity index is 1.14. The van der Waals surface area contributed by atoms with Crippen LogP contribution >= 0.6 is 11.6 Å². The van der Waals surface area contributed by atoms with E-state index in [1.807, 2.05) is 47.5 Å². The number of nitrogens with zero attached hydrogens (tertiary/aromatic N) is 4. The molecule has 2 saturated heterocycles. The summed E-state index contributed by atoms with van der Waals surface area (Å²) < 4.78 is 11.3. The fourth-order valence-corrected chi connectivity index (χ4v) is 5.16. The lowest BCUT2D eigenvalue weighted by molar-refractivity contribution is 0.0322. The molecule has 2 aromatic heterocycles. The predicted molar refractivity (Wildman–Crippen MR) is 152 cm³/mol. The van der Waals surface area contributed by atoms with Gasteiger partial charge < -0.3 is 24.7 Å². The van der Waals surface area contributed by atoms with E-state index >= 15 is 0 Å². The minimum absolute atomic E-state index is 0.0924. The molecule has 0 bridgehead atoms. The van der Waals surface area contributed by atoms with Gasteiger partial charge in [0.25, 0.3) is 0 Å². The lowest BCUT2D eigenvalue weighted by Crippen LogP contribution is -2.38. The highest BCUT2D eigenvalue weighted by atomic mass is 35.5. The number of aromatic amines is 1. The van der Waals surface area contributed by atoms with E-state index in [1.54, 1.807) is 12.1 Å². The summed E-state index contributed by atoms with van der Waals surface area (Å²) in [6, 6.07) is 15.4. The highest BCUT2D eigenvalue weighted by Crippen LogP contribution is 2.31. The van der Waals surface area contributed by atoms with E-state index in [9.17, 15) is 4.79 Å². The van der Waals surface area contributed by atoms with Crippen molar-refractivity contribution in [2.45, 2.75) is 12.8 Å². The Morgan fingerprint density at radius 1 is 1.03 bits per heavy atom. The lowest BCUT2D eigenvalue weighted by atomic mass is 10.1. The molecule has 2 aliphatic rings. The maximum absolute atomic E-state index is 12.5. The van der Waals surface area contributed by atoms with Gasteiger partial charge in [0.1, 0.15) is 18.2 Å². The zero-order valence-electron chi connectivity index (χ0n) is 21.7. The van der Waals surface area contributed by atoms with Gasteiger partial charge in [-0.2, -0.15) is 0 Å². The maximum atomic E-state index is 12.5. The number of hydrogen-bond acceptors (Lipinski definition) is 6. The van der Waals surface area contributed by atoms with E-state index < -0.39 is 0 Å². The largest absolute Gasteiger partial charge is 0.492 e. The van der Waals surface area contributed by atoms with Crippen LogP contribution in [0.25, 0.3) is 33.7 Å². The Labute approximate surface area is 232 Å². The molecule has 2 fully saturated rings. The fourth-order valence-electron chi connectivity index (χ4n) is 4.95. The van der Waals surface area contributed by atoms with E-state index in [1.165, 1.54) is 0 Å². The van der Waals surface area contributed by atoms with Gasteiger partial charge in [-0.15, -0.1) is 0 Å². The molecule has 0 unspecified atom stereocenters. The molecule has 6 rings (SSSR count). The molecule has 39 heavy (non-hydrogen) atoms. The van der Waals surface area contributed by atoms with Crippen LogP contribution in [0.15, 0.2) is 54.7 Å². The van der Waals surface area contributed by atoms with E-state index in [4.69, 9.17) is 21.1 Å². The summed E-state index contributed by atoms with van der Waals surface area (Å²) in [5.41, 5.74) is 4.78. The molecule has 0 atom stereocenters. The first-order valence-electron chi connectivity index (χ1n) is 13.4. The number of ether oxygens (including phenoxy) is 2. The number of aromatic nitrogens is 3. The SMILES string of the molecule is O=C(Nc1ccc(Cl)c(-c2nc3ncc(-c4ccc(OCCN5CCOCC5)cc4)cc3[nH]2)c1)N1CCCC1. The second kappa shape index (κ2) is 11.6. The summed E-state index contributed by atoms with van der Waals surface area (Å²) in [6.45, 7) is 6.62. The van der Waals surface area contributed by atoms with Crippen molar-refractivity contribution < 1.29 is 14.3 Å². The highest BCUT2D eigenvalue weighted by Gasteiger charge is 2.19. The Morgan fingerprint density at radius 2 is 1.82 bits per heavy atom. The number of hydrogen-bond donors (Lipinski definition) is 2. The summed E-state index contributed by atoms with van der Waals surface area (Å²) in [5.74, 6) is 1.44. The summed E-state index contributed by atoms with van der Waals surface area (Å²) in [5, 5.41) is 3.51. The van der Waals surface area contributed by atoms with Crippen molar-refractivity contribution in [2.75, 3.05) is 57.9 Å². The van der Waals surface area contributed by atoms with Gasteiger partial charge in [0.15, 0.2) is 5.65 Å². The van der Waals surface area contributed by atoms with Crippen LogP contribution in [0.2, 0.25) is 5.02 Å². The molecule has 4 aromatic rings. The van der Waals surface area contributed by atoms with Gasteiger partial charge in [-0.1, -0.05) is 23.7 Å². The number of carbonyl (C=O) groups is 1. The zero-order valence-corrected chi connectivity index (χ0v) is 22.4. The number of pyridine rings is 1. The number of H-pyrrole nitrogens is 1. The molecule has 0 saturated carbocycles. The number of rotatable bonds is 7. The zero-order chi connectivity index (χ0) is 26.6. The van der Waals surface area contributed by atoms with Gasteiger partial charge in [-0.05, 0) is 54.8 Å². The predicted octanol–water partition coefficient (Wildman–Crippen LogP) is 5.28. The number of amides is 2. The summed E-state index contributed by atoms with van der Waals surface area (Å²) in [7, 11) is 0. The fraction of sp³-hybridized carbons (Fsp3) is 0.345. The molecular weight excluding hydrogens is 516 g/mol. The summed E-state index contributed by atoms with van der Waals surface area (Å²) >= 11 is 6.52. The van der Waals surface area contributed by atoms with Gasteiger partial charge in [0, 0.05) is 55.7 Å². The quantitative estimate of drug-likeness (QED) is 0.327. The van der Waals surface area contributed by atoms with E-state index in [-0.39, 0.29) is 6.03 Å². The molecule has 202 valence electrons. The van der Waals surface area contributed by atoms with Crippen LogP contribution in [0.3, 0.4) is 0 Å². The van der Waals surface area contributed by atoms with E-state index in [0.29, 0.717) is 34.4 Å². The summed E-state index contributed by atoms with van der Waals surface area (Å²) in [6.07, 6.45) is 3.90. The maximum Gasteiger partial charge on any atom is 0.321 e. The number of carbonyl (C=O) groups excluding carboxylic acids is 1. The van der Waals surface area contributed by atoms with Crippen LogP contribution in [-0.4, -0.2) is 83.3 Å². The van der Waals surface area contributed by atoms with Crippen molar-refractivity contribution in [1.82, 2.24) is 24.8 Å². The van der Waals surface area contributed by atoms with Gasteiger partial charge in [-0.3, -0.25) is 4.90 Å². The van der Waals surface area contributed by atoms with Crippen molar-refractivity contribution in [1.29, 1.82) is 0 Å². The Bertz CT molecular complexity index is 1450. The first-order valence-corrected chi connectivity index (χ1v) is 13.8. The van der Waals surface area contributed by atoms with Crippen LogP contribution in [0.4, 0.5) is 10.5 Å². The number of anilines is 1. The van der Waals surface area contributed by atoms with Gasteiger partial charge in [0.2, 0.25) is 0 Å². The number of likely N-dealkylation sites (tertiary alicyclic amines) is 1. The highest BCUT2D eigenvalue weighted by molar-refractivity contribution is 6.33. The molecular formula is C29H31ClN6O3. The number of benzene rings is 2. The number of nitrogens with one attached hydrogen (secondary N) is 2. The van der Waals surface area contributed by atoms with Gasteiger partial charge in [-0.25, -0.2) is 14.8 Å². The second-order valence-electron chi connectivity index (χ2n) is 9.83. The molecule has 0 spiro atoms. The van der Waals surface area contributed by atoms with Gasteiger partial charge in [0.05, 0.1) is 23.8 Å². The number of imidazole rings is 1. The molecule has 2 amide bonds. The van der Waals surface area contributed by atoms with Gasteiger partial charge >= 0.3 is 6.03 Å². The van der Waals surface area contributed by atoms with Crippen LogP contribution in [0.5, 0.6) is 5.75 Å². The number of urea groups is 1. The molecule has 10 heteroatoms. The Hall–Kier alpha value is -3.66. The van der Waals surface area contributed by atoms with Crippen molar-refractivity contribution in [3.63, 3.8) is 0 Å². The van der Waals surface area contributed by atoms with Crippen LogP contribution in [-0.2, 0) is 4.74 Å². The number of fused-ring (bicyclic) bond motifs is 1. The molecule has 0 radical (unpaired) electrons. The average Bonchev–Trinajstić information content (AvgIpc) is 3.65. The van der Waals surface area contributed by atoms with Crippen LogP contribution in [0.1, 0.15) is 12.8 Å². The smallest absolute Gasteiger partial charge is 0.321 e. The topological polar surface area (TPSA) is 95.6 Å². The Morgan fingerprint density at radius 3 is 2.62 bits per heavy atom. The Kier molecular flexibility index (Phi) is 7.62. The normalized spacial score (nSPS) is 16.1. The molecule has 2 N–H and O–H groups in total. The number of morpholine rings is 1. The molecule has 9 nitrogen and oxygen atoms in total. The third-order valence-corrected chi connectivity index (χ3v) is 7.50. The van der Waals surface area contributed by atoms with Crippen molar-refractivity contribution in [3.8, 4) is 28.3 Å². The third-order valence-electron chi connectivity index (χ3n) is 7.17. The summed E-state index contributed by atoms with van der Waals surface area (Å²) in [4.78, 5) is 29.3. The molecule has 2 aliphatic heterocycles. The van der Waals surface area contributed by atoms with E-state index in [2.05, 4.69) is 25.2 Å². The first kappa shape index (κ1) is 25.6. The molecule has 4 heterocycles. The van der Waals surface area contributed by atoms with E-state index in [0.717, 1.165) is 81.2 Å². The van der Waals surface area contributed by atoms with Crippen molar-refractivity contribution >= 4 is 34.5 Å². The first-order chi connectivity index (χ1) is 19.1.